The number of ether oxygens (including phenoxy) is 1. The lowest BCUT2D eigenvalue weighted by atomic mass is 9.47. The Labute approximate surface area is 167 Å². The first-order valence-electron chi connectivity index (χ1n) is 10.8. The molecule has 0 aliphatic heterocycles. The number of esters is 1. The molecule has 4 aliphatic carbocycles. The number of hydrogen-bond acceptors (Lipinski definition) is 4. The molecular formula is C24H32O4. The van der Waals surface area contributed by atoms with Crippen molar-refractivity contribution in [2.24, 2.45) is 34.5 Å². The van der Waals surface area contributed by atoms with E-state index in [0.717, 1.165) is 31.3 Å². The van der Waals surface area contributed by atoms with Crippen molar-refractivity contribution in [1.82, 2.24) is 0 Å². The van der Waals surface area contributed by atoms with Gasteiger partial charge in [0.1, 0.15) is 11.9 Å². The topological polar surface area (TPSA) is 60.4 Å². The number of carbonyl (C=O) groups is 3. The predicted octanol–water partition coefficient (Wildman–Crippen LogP) is 4.43. The van der Waals surface area contributed by atoms with Crippen molar-refractivity contribution in [3.05, 3.63) is 23.8 Å². The van der Waals surface area contributed by atoms with E-state index in [9.17, 15) is 14.4 Å². The average molecular weight is 385 g/mol. The molecule has 152 valence electrons. The summed E-state index contributed by atoms with van der Waals surface area (Å²) in [6.45, 7) is 8.10. The van der Waals surface area contributed by atoms with E-state index in [1.54, 1.807) is 19.1 Å². The molecule has 7 atom stereocenters. The number of carbonyl (C=O) groups excluding carboxylic acids is 3. The zero-order valence-corrected chi connectivity index (χ0v) is 17.5. The smallest absolute Gasteiger partial charge is 0.305 e. The van der Waals surface area contributed by atoms with Crippen molar-refractivity contribution in [2.75, 3.05) is 0 Å². The van der Waals surface area contributed by atoms with Crippen LogP contribution in [0, 0.1) is 34.5 Å². The van der Waals surface area contributed by atoms with Gasteiger partial charge in [-0.2, -0.15) is 0 Å². The third-order valence-electron chi connectivity index (χ3n) is 8.62. The quantitative estimate of drug-likeness (QED) is 0.675. The normalized spacial score (nSPS) is 44.2. The average Bonchev–Trinajstić information content (AvgIpc) is 3.00. The maximum Gasteiger partial charge on any atom is 0.305 e. The molecule has 0 aromatic heterocycles. The maximum atomic E-state index is 12.4. The van der Waals surface area contributed by atoms with Gasteiger partial charge < -0.3 is 4.74 Å². The lowest BCUT2D eigenvalue weighted by Gasteiger charge is -2.58. The molecule has 0 unspecified atom stereocenters. The van der Waals surface area contributed by atoms with Gasteiger partial charge in [-0.1, -0.05) is 32.4 Å². The summed E-state index contributed by atoms with van der Waals surface area (Å²) >= 11 is 0. The lowest BCUT2D eigenvalue weighted by molar-refractivity contribution is -0.166. The second kappa shape index (κ2) is 6.67. The standard InChI is InChI=1S/C24H32O4/c1-5-21(27)28-20-13-15-12-16(26)8-10-23(15,3)19-9-11-24(4)17(14(2)25)6-7-18(24)22(19)20/h8,10,12,17-20,22H,5-7,9,11,13H2,1-4H3/t17-,18+,19+,20-,22+,23+,24-/m1/s1. The van der Waals surface area contributed by atoms with Crippen LogP contribution in [0.2, 0.25) is 0 Å². The van der Waals surface area contributed by atoms with Crippen LogP contribution in [0.5, 0.6) is 0 Å². The Bertz CT molecular complexity index is 777. The van der Waals surface area contributed by atoms with Crippen LogP contribution in [-0.2, 0) is 19.1 Å². The van der Waals surface area contributed by atoms with E-state index >= 15 is 0 Å². The highest BCUT2D eigenvalue weighted by atomic mass is 16.5. The number of rotatable bonds is 3. The Morgan fingerprint density at radius 3 is 2.61 bits per heavy atom. The van der Waals surface area contributed by atoms with E-state index in [4.69, 9.17) is 4.74 Å². The lowest BCUT2D eigenvalue weighted by Crippen LogP contribution is -2.55. The summed E-state index contributed by atoms with van der Waals surface area (Å²) in [5.41, 5.74) is 0.957. The van der Waals surface area contributed by atoms with Gasteiger partial charge >= 0.3 is 5.97 Å². The molecule has 0 N–H and O–H groups in total. The number of fused-ring (bicyclic) bond motifs is 5. The van der Waals surface area contributed by atoms with Gasteiger partial charge in [-0.05, 0) is 62.0 Å². The van der Waals surface area contributed by atoms with E-state index in [2.05, 4.69) is 19.9 Å². The highest BCUT2D eigenvalue weighted by molar-refractivity contribution is 6.01. The number of Topliss-reactive ketones (excluding diaryl/α,β-unsaturated/α-hetero) is 1. The third kappa shape index (κ3) is 2.74. The van der Waals surface area contributed by atoms with Gasteiger partial charge in [0, 0.05) is 30.1 Å². The first-order valence-corrected chi connectivity index (χ1v) is 10.8. The molecule has 0 saturated heterocycles. The summed E-state index contributed by atoms with van der Waals surface area (Å²) in [6.07, 6.45) is 10.4. The van der Waals surface area contributed by atoms with Crippen LogP contribution >= 0.6 is 0 Å². The maximum absolute atomic E-state index is 12.4. The van der Waals surface area contributed by atoms with E-state index in [-0.39, 0.29) is 40.5 Å². The molecule has 3 saturated carbocycles. The fourth-order valence-electron chi connectivity index (χ4n) is 7.18. The number of allylic oxidation sites excluding steroid dienone is 3. The molecule has 0 aromatic carbocycles. The van der Waals surface area contributed by atoms with Crippen molar-refractivity contribution >= 4 is 17.5 Å². The molecule has 0 aromatic rings. The first-order chi connectivity index (χ1) is 13.2. The van der Waals surface area contributed by atoms with Gasteiger partial charge in [-0.3, -0.25) is 14.4 Å². The minimum Gasteiger partial charge on any atom is -0.462 e. The molecular weight excluding hydrogens is 352 g/mol. The molecule has 3 fully saturated rings. The zero-order valence-electron chi connectivity index (χ0n) is 17.5. The molecule has 4 rings (SSSR count). The van der Waals surface area contributed by atoms with E-state index in [1.807, 2.05) is 6.92 Å². The fourth-order valence-corrected chi connectivity index (χ4v) is 7.18. The number of hydrogen-bond donors (Lipinski definition) is 0. The molecule has 0 heterocycles. The van der Waals surface area contributed by atoms with E-state index < -0.39 is 0 Å². The monoisotopic (exact) mass is 384 g/mol. The highest BCUT2D eigenvalue weighted by Gasteiger charge is 2.62. The van der Waals surface area contributed by atoms with Crippen molar-refractivity contribution in [1.29, 1.82) is 0 Å². The molecule has 0 amide bonds. The van der Waals surface area contributed by atoms with Crippen LogP contribution in [0.4, 0.5) is 0 Å². The van der Waals surface area contributed by atoms with Crippen molar-refractivity contribution < 1.29 is 19.1 Å². The Kier molecular flexibility index (Phi) is 4.67. The SMILES string of the molecule is CCC(=O)O[C@@H]1CC2=CC(=O)C=C[C@]2(C)[C@H]2CC[C@]3(C)[C@@H](C(C)=O)CC[C@H]3[C@H]12. The van der Waals surface area contributed by atoms with Crippen LogP contribution in [0.3, 0.4) is 0 Å². The molecule has 0 bridgehead atoms. The second-order valence-electron chi connectivity index (χ2n) is 9.85. The summed E-state index contributed by atoms with van der Waals surface area (Å²) in [5, 5.41) is 0. The molecule has 4 heteroatoms. The highest BCUT2D eigenvalue weighted by Crippen LogP contribution is 2.66. The van der Waals surface area contributed by atoms with Crippen LogP contribution in [0.25, 0.3) is 0 Å². The Morgan fingerprint density at radius 1 is 1.18 bits per heavy atom. The summed E-state index contributed by atoms with van der Waals surface area (Å²) in [4.78, 5) is 36.6. The molecule has 4 nitrogen and oxygen atoms in total. The summed E-state index contributed by atoms with van der Waals surface area (Å²) in [7, 11) is 0. The van der Waals surface area contributed by atoms with Gasteiger partial charge in [0.15, 0.2) is 5.78 Å². The molecule has 0 radical (unpaired) electrons. The Morgan fingerprint density at radius 2 is 1.93 bits per heavy atom. The molecule has 28 heavy (non-hydrogen) atoms. The Balaban J connectivity index is 1.75. The second-order valence-corrected chi connectivity index (χ2v) is 9.85. The largest absolute Gasteiger partial charge is 0.462 e. The van der Waals surface area contributed by atoms with Crippen LogP contribution in [0.1, 0.15) is 66.2 Å². The first kappa shape index (κ1) is 19.6. The minimum atomic E-state index is -0.189. The minimum absolute atomic E-state index is 0.00432. The summed E-state index contributed by atoms with van der Waals surface area (Å²) < 4.78 is 5.99. The van der Waals surface area contributed by atoms with Crippen LogP contribution < -0.4 is 0 Å². The van der Waals surface area contributed by atoms with Crippen LogP contribution in [-0.4, -0.2) is 23.6 Å². The molecule has 0 spiro atoms. The predicted molar refractivity (Wildman–Crippen MR) is 106 cm³/mol. The van der Waals surface area contributed by atoms with Gasteiger partial charge in [-0.15, -0.1) is 0 Å². The summed E-state index contributed by atoms with van der Waals surface area (Å²) in [6, 6.07) is 0. The van der Waals surface area contributed by atoms with Crippen molar-refractivity contribution in [3.63, 3.8) is 0 Å². The fraction of sp³-hybridized carbons (Fsp3) is 0.708. The number of ketones is 2. The van der Waals surface area contributed by atoms with Gasteiger partial charge in [0.2, 0.25) is 0 Å². The van der Waals surface area contributed by atoms with Gasteiger partial charge in [0.05, 0.1) is 0 Å². The zero-order chi connectivity index (χ0) is 20.3. The van der Waals surface area contributed by atoms with Crippen LogP contribution in [0.15, 0.2) is 23.8 Å². The summed E-state index contributed by atoms with van der Waals surface area (Å²) in [5.74, 6) is 1.27. The van der Waals surface area contributed by atoms with E-state index in [0.29, 0.717) is 30.5 Å². The van der Waals surface area contributed by atoms with E-state index in [1.165, 1.54) is 0 Å². The van der Waals surface area contributed by atoms with Gasteiger partial charge in [0.25, 0.3) is 0 Å². The van der Waals surface area contributed by atoms with Gasteiger partial charge in [-0.25, -0.2) is 0 Å². The van der Waals surface area contributed by atoms with Crippen molar-refractivity contribution in [2.45, 2.75) is 72.3 Å². The third-order valence-corrected chi connectivity index (χ3v) is 8.62. The Hall–Kier alpha value is -1.71. The molecule has 4 aliphatic rings. The van der Waals surface area contributed by atoms with Crippen molar-refractivity contribution in [3.8, 4) is 0 Å².